The van der Waals surface area contributed by atoms with Crippen molar-refractivity contribution in [3.05, 3.63) is 35.4 Å². The Bertz CT molecular complexity index is 426. The molecule has 0 saturated heterocycles. The maximum absolute atomic E-state index is 5.23. The lowest BCUT2D eigenvalue weighted by molar-refractivity contribution is 0.481. The summed E-state index contributed by atoms with van der Waals surface area (Å²) >= 11 is 0. The Balaban J connectivity index is 2.62. The summed E-state index contributed by atoms with van der Waals surface area (Å²) in [7, 11) is 3.76. The van der Waals surface area contributed by atoms with Crippen LogP contribution in [0.4, 0.5) is 0 Å². The van der Waals surface area contributed by atoms with Crippen LogP contribution in [0.3, 0.4) is 0 Å². The quantitative estimate of drug-likeness (QED) is 0.497. The van der Waals surface area contributed by atoms with Crippen molar-refractivity contribution in [2.75, 3.05) is 20.6 Å². The molecule has 0 spiro atoms. The third-order valence-electron chi connectivity index (χ3n) is 2.77. The third kappa shape index (κ3) is 4.14. The molecule has 0 atom stereocenters. The fourth-order valence-corrected chi connectivity index (χ4v) is 1.74. The first-order chi connectivity index (χ1) is 8.71. The summed E-state index contributed by atoms with van der Waals surface area (Å²) < 4.78 is 0. The number of benzene rings is 1. The first-order valence-corrected chi connectivity index (χ1v) is 6.14. The molecule has 3 nitrogen and oxygen atoms in total. The van der Waals surface area contributed by atoms with Crippen molar-refractivity contribution >= 4 is 5.96 Å². The fraction of sp³-hybridized carbons (Fsp3) is 0.400. The number of hydrogen-bond donors (Lipinski definition) is 1. The first-order valence-electron chi connectivity index (χ1n) is 6.14. The number of aryl methyl sites for hydroxylation is 1. The van der Waals surface area contributed by atoms with Crippen molar-refractivity contribution in [3.8, 4) is 12.3 Å². The van der Waals surface area contributed by atoms with Crippen LogP contribution in [0.15, 0.2) is 29.3 Å². The van der Waals surface area contributed by atoms with Gasteiger partial charge in [-0.15, -0.1) is 6.42 Å². The van der Waals surface area contributed by atoms with Crippen LogP contribution in [0, 0.1) is 12.3 Å². The predicted octanol–water partition coefficient (Wildman–Crippen LogP) is 1.89. The van der Waals surface area contributed by atoms with Gasteiger partial charge in [0.25, 0.3) is 0 Å². The molecule has 1 N–H and O–H groups in total. The molecule has 0 unspecified atom stereocenters. The van der Waals surface area contributed by atoms with E-state index in [1.54, 1.807) is 7.05 Å². The van der Waals surface area contributed by atoms with E-state index in [0.29, 0.717) is 6.54 Å². The third-order valence-corrected chi connectivity index (χ3v) is 2.77. The average Bonchev–Trinajstić information content (AvgIpc) is 2.40. The monoisotopic (exact) mass is 243 g/mol. The van der Waals surface area contributed by atoms with Crippen molar-refractivity contribution in [2.45, 2.75) is 19.9 Å². The lowest BCUT2D eigenvalue weighted by Crippen LogP contribution is -2.38. The summed E-state index contributed by atoms with van der Waals surface area (Å²) in [6, 6.07) is 8.65. The van der Waals surface area contributed by atoms with E-state index in [4.69, 9.17) is 6.42 Å². The highest BCUT2D eigenvalue weighted by atomic mass is 15.3. The van der Waals surface area contributed by atoms with Crippen molar-refractivity contribution in [1.82, 2.24) is 10.2 Å². The topological polar surface area (TPSA) is 27.6 Å². The van der Waals surface area contributed by atoms with E-state index in [1.807, 2.05) is 7.05 Å². The van der Waals surface area contributed by atoms with Gasteiger partial charge in [-0.3, -0.25) is 4.99 Å². The van der Waals surface area contributed by atoms with Crippen molar-refractivity contribution in [2.24, 2.45) is 4.99 Å². The van der Waals surface area contributed by atoms with Crippen LogP contribution in [0.25, 0.3) is 0 Å². The molecule has 0 bridgehead atoms. The minimum absolute atomic E-state index is 0.492. The molecule has 3 heteroatoms. The van der Waals surface area contributed by atoms with Crippen molar-refractivity contribution in [1.29, 1.82) is 0 Å². The van der Waals surface area contributed by atoms with Gasteiger partial charge in [0.2, 0.25) is 0 Å². The van der Waals surface area contributed by atoms with E-state index in [9.17, 15) is 0 Å². The summed E-state index contributed by atoms with van der Waals surface area (Å²) in [5, 5.41) is 3.10. The van der Waals surface area contributed by atoms with E-state index < -0.39 is 0 Å². The van der Waals surface area contributed by atoms with Gasteiger partial charge < -0.3 is 10.2 Å². The molecule has 0 radical (unpaired) electrons. The van der Waals surface area contributed by atoms with E-state index in [0.717, 1.165) is 18.9 Å². The number of nitrogens with zero attached hydrogens (tertiary/aromatic N) is 2. The van der Waals surface area contributed by atoms with Gasteiger partial charge >= 0.3 is 0 Å². The number of nitrogens with one attached hydrogen (secondary N) is 1. The molecule has 0 aliphatic rings. The predicted molar refractivity (Wildman–Crippen MR) is 77.5 cm³/mol. The average molecular weight is 243 g/mol. The maximum Gasteiger partial charge on any atom is 0.194 e. The molecule has 0 fully saturated rings. The highest BCUT2D eigenvalue weighted by Crippen LogP contribution is 2.07. The van der Waals surface area contributed by atoms with Gasteiger partial charge in [-0.05, 0) is 17.5 Å². The zero-order chi connectivity index (χ0) is 13.4. The second-order valence-electron chi connectivity index (χ2n) is 4.13. The highest BCUT2D eigenvalue weighted by Gasteiger charge is 2.05. The zero-order valence-electron chi connectivity index (χ0n) is 11.4. The van der Waals surface area contributed by atoms with Crippen LogP contribution >= 0.6 is 0 Å². The van der Waals surface area contributed by atoms with Gasteiger partial charge in [-0.1, -0.05) is 37.1 Å². The molecule has 1 aromatic rings. The standard InChI is InChI=1S/C15H21N3/c1-5-11-17-15(16-3)18(4)12-14-9-7-13(6-2)8-10-14/h1,7-10H,6,11-12H2,2-4H3,(H,16,17). The molecule has 0 amide bonds. The lowest BCUT2D eigenvalue weighted by Gasteiger charge is -2.21. The summed E-state index contributed by atoms with van der Waals surface area (Å²) in [6.45, 7) is 3.47. The van der Waals surface area contributed by atoms with E-state index in [-0.39, 0.29) is 0 Å². The normalized spacial score (nSPS) is 10.9. The molecular formula is C15H21N3. The van der Waals surface area contributed by atoms with Crippen LogP contribution in [0.1, 0.15) is 18.1 Å². The van der Waals surface area contributed by atoms with Gasteiger partial charge in [0.05, 0.1) is 6.54 Å². The largest absolute Gasteiger partial charge is 0.345 e. The molecule has 18 heavy (non-hydrogen) atoms. The molecule has 0 aliphatic heterocycles. The summed E-state index contributed by atoms with van der Waals surface area (Å²) in [6.07, 6.45) is 6.30. The molecule has 0 aromatic heterocycles. The van der Waals surface area contributed by atoms with Gasteiger partial charge in [0.15, 0.2) is 5.96 Å². The van der Waals surface area contributed by atoms with Crippen LogP contribution < -0.4 is 5.32 Å². The Kier molecular flexibility index (Phi) is 5.79. The molecular weight excluding hydrogens is 222 g/mol. The maximum atomic E-state index is 5.23. The minimum Gasteiger partial charge on any atom is -0.345 e. The molecule has 0 saturated carbocycles. The van der Waals surface area contributed by atoms with Gasteiger partial charge in [-0.25, -0.2) is 0 Å². The number of aliphatic imine (C=N–C) groups is 1. The molecule has 1 aromatic carbocycles. The Morgan fingerprint density at radius 3 is 2.44 bits per heavy atom. The second kappa shape index (κ2) is 7.39. The van der Waals surface area contributed by atoms with Gasteiger partial charge in [0.1, 0.15) is 0 Å². The van der Waals surface area contributed by atoms with Gasteiger partial charge in [-0.2, -0.15) is 0 Å². The summed E-state index contributed by atoms with van der Waals surface area (Å²) in [4.78, 5) is 6.25. The molecule has 0 heterocycles. The highest BCUT2D eigenvalue weighted by molar-refractivity contribution is 5.79. The molecule has 1 rings (SSSR count). The van der Waals surface area contributed by atoms with Crippen molar-refractivity contribution < 1.29 is 0 Å². The fourth-order valence-electron chi connectivity index (χ4n) is 1.74. The Hall–Kier alpha value is -1.95. The smallest absolute Gasteiger partial charge is 0.194 e. The van der Waals surface area contributed by atoms with Crippen LogP contribution in [0.2, 0.25) is 0 Å². The lowest BCUT2D eigenvalue weighted by atomic mass is 10.1. The van der Waals surface area contributed by atoms with Crippen LogP contribution in [0.5, 0.6) is 0 Å². The van der Waals surface area contributed by atoms with Crippen molar-refractivity contribution in [3.63, 3.8) is 0 Å². The Morgan fingerprint density at radius 1 is 1.33 bits per heavy atom. The summed E-state index contributed by atoms with van der Waals surface area (Å²) in [5.41, 5.74) is 2.62. The second-order valence-corrected chi connectivity index (χ2v) is 4.13. The SMILES string of the molecule is C#CCNC(=NC)N(C)Cc1ccc(CC)cc1. The molecule has 0 aliphatic carbocycles. The number of guanidine groups is 1. The van der Waals surface area contributed by atoms with E-state index in [2.05, 4.69) is 52.3 Å². The van der Waals surface area contributed by atoms with Gasteiger partial charge in [0, 0.05) is 20.6 Å². The van der Waals surface area contributed by atoms with E-state index >= 15 is 0 Å². The first kappa shape index (κ1) is 14.1. The Labute approximate surface area is 110 Å². The summed E-state index contributed by atoms with van der Waals surface area (Å²) in [5.74, 6) is 3.36. The van der Waals surface area contributed by atoms with E-state index in [1.165, 1.54) is 11.1 Å². The number of rotatable bonds is 4. The zero-order valence-corrected chi connectivity index (χ0v) is 11.4. The number of terminal acetylenes is 1. The van der Waals surface area contributed by atoms with Crippen LogP contribution in [-0.4, -0.2) is 31.5 Å². The Morgan fingerprint density at radius 2 is 1.94 bits per heavy atom. The number of hydrogen-bond acceptors (Lipinski definition) is 1. The molecule has 96 valence electrons. The van der Waals surface area contributed by atoms with Crippen LogP contribution in [-0.2, 0) is 13.0 Å². The minimum atomic E-state index is 0.492.